The Morgan fingerprint density at radius 3 is 0.912 bits per heavy atom. The Bertz CT molecular complexity index is 3620. The molecule has 0 aliphatic carbocycles. The van der Waals surface area contributed by atoms with Gasteiger partial charge < -0.3 is 29.0 Å². The van der Waals surface area contributed by atoms with E-state index in [1.54, 1.807) is 72.8 Å². The summed E-state index contributed by atoms with van der Waals surface area (Å²) in [5, 5.41) is 2.70. The number of para-hydroxylation sites is 2. The molecule has 17 heteroatoms. The van der Waals surface area contributed by atoms with E-state index in [4.69, 9.17) is 0 Å². The van der Waals surface area contributed by atoms with Gasteiger partial charge in [0.05, 0.1) is 31.9 Å². The zero-order valence-electron chi connectivity index (χ0n) is 29.0. The van der Waals surface area contributed by atoms with Gasteiger partial charge in [0.25, 0.3) is 0 Å². The smallest absolute Gasteiger partial charge is 0.744 e. The topological polar surface area (TPSA) is 246 Å². The third-order valence-electron chi connectivity index (χ3n) is 9.76. The Balaban J connectivity index is 0.000000157. The number of pyridine rings is 4. The second-order valence-corrected chi connectivity index (χ2v) is 15.9. The van der Waals surface area contributed by atoms with Gasteiger partial charge in [-0.25, -0.2) is 16.8 Å². The van der Waals surface area contributed by atoms with Gasteiger partial charge in [-0.05, 0) is 84.9 Å². The van der Waals surface area contributed by atoms with Crippen molar-refractivity contribution in [1.29, 1.82) is 0 Å². The van der Waals surface area contributed by atoms with E-state index in [0.717, 1.165) is 24.3 Å². The van der Waals surface area contributed by atoms with Crippen molar-refractivity contribution in [2.24, 2.45) is 0 Å². The normalized spacial score (nSPS) is 12.1. The number of nitrogens with one attached hydrogen (secondary N) is 4. The zero-order chi connectivity index (χ0) is 39.3. The number of H-pyrrole nitrogens is 4. The first-order valence-electron chi connectivity index (χ1n) is 16.7. The van der Waals surface area contributed by atoms with Crippen molar-refractivity contribution in [2.45, 2.75) is 9.79 Å². The quantitative estimate of drug-likeness (QED) is 0.105. The Morgan fingerprint density at radius 2 is 0.596 bits per heavy atom. The van der Waals surface area contributed by atoms with Crippen molar-refractivity contribution in [3.63, 3.8) is 0 Å². The molecule has 4 aromatic heterocycles. The number of hydrogen-bond donors (Lipinski definition) is 4. The van der Waals surface area contributed by atoms with Gasteiger partial charge in [-0.15, -0.1) is 0 Å². The standard InChI is InChI=1S/2C20H12N2O5S.Ba/c2*23-19-11-3-1-2-4-15(11)21-17-9-14-18(8-13(17)19)22-16-6-5-10(28(25,26)27)7-12(16)20(14)24;/h2*1-9H,(H,21,23)(H,22,24)(H,25,26,27);/q;;+2/p-2. The summed E-state index contributed by atoms with van der Waals surface area (Å²) >= 11 is 0. The minimum absolute atomic E-state index is 0. The molecule has 0 spiro atoms. The fraction of sp³-hybridized carbons (Fsp3) is 0. The molecule has 4 heterocycles. The van der Waals surface area contributed by atoms with E-state index < -0.39 is 40.9 Å². The van der Waals surface area contributed by atoms with Crippen LogP contribution in [0.15, 0.2) is 138 Å². The Labute approximate surface area is 358 Å². The number of rotatable bonds is 2. The summed E-state index contributed by atoms with van der Waals surface area (Å²) in [7, 11) is -9.36. The average molecular weight is 920 g/mol. The van der Waals surface area contributed by atoms with Crippen LogP contribution in [0.2, 0.25) is 0 Å². The summed E-state index contributed by atoms with van der Waals surface area (Å²) in [6, 6.07) is 27.7. The van der Waals surface area contributed by atoms with Crippen LogP contribution in [0.3, 0.4) is 0 Å². The minimum Gasteiger partial charge on any atom is -0.744 e. The van der Waals surface area contributed by atoms with E-state index in [-0.39, 0.29) is 81.3 Å². The monoisotopic (exact) mass is 920 g/mol. The molecule has 0 bridgehead atoms. The molecule has 10 rings (SSSR count). The van der Waals surface area contributed by atoms with Gasteiger partial charge in [-0.1, -0.05) is 24.3 Å². The SMILES string of the molecule is O=c1c2ccccc2[nH]c2cc3c(=O)c4cc(S(=O)(=O)[O-])ccc4[nH]c3cc12.O=c1c2ccccc2[nH]c2cc3c(=O)c4cc(S(=O)(=O)[O-])ccc4[nH]c3cc12.[Ba+2]. The largest absolute Gasteiger partial charge is 2.00 e. The summed E-state index contributed by atoms with van der Waals surface area (Å²) in [4.78, 5) is 63.0. The van der Waals surface area contributed by atoms with E-state index in [2.05, 4.69) is 19.9 Å². The molecule has 276 valence electrons. The molecule has 0 saturated carbocycles. The Morgan fingerprint density at radius 1 is 0.333 bits per heavy atom. The Hall–Kier alpha value is -5.41. The molecule has 0 amide bonds. The first-order chi connectivity index (χ1) is 26.7. The van der Waals surface area contributed by atoms with Gasteiger partial charge >= 0.3 is 48.9 Å². The van der Waals surface area contributed by atoms with Gasteiger partial charge in [-0.3, -0.25) is 19.2 Å². The molecular formula is C40H22BaN4O10S2. The molecule has 0 fully saturated rings. The molecular weight excluding hydrogens is 898 g/mol. The summed E-state index contributed by atoms with van der Waals surface area (Å²) in [6.45, 7) is 0. The van der Waals surface area contributed by atoms with Crippen molar-refractivity contribution in [3.8, 4) is 0 Å². The van der Waals surface area contributed by atoms with Gasteiger partial charge in [0.1, 0.15) is 20.2 Å². The first kappa shape index (κ1) is 38.5. The number of hydrogen-bond acceptors (Lipinski definition) is 10. The van der Waals surface area contributed by atoms with Crippen LogP contribution in [-0.2, 0) is 20.2 Å². The van der Waals surface area contributed by atoms with Gasteiger partial charge in [0, 0.05) is 65.2 Å². The van der Waals surface area contributed by atoms with Crippen LogP contribution in [0.25, 0.3) is 87.2 Å². The molecule has 14 nitrogen and oxygen atoms in total. The first-order valence-corrected chi connectivity index (χ1v) is 19.5. The summed E-state index contributed by atoms with van der Waals surface area (Å²) in [5.41, 5.74) is 2.78. The zero-order valence-corrected chi connectivity index (χ0v) is 35.1. The van der Waals surface area contributed by atoms with Crippen LogP contribution in [-0.4, -0.2) is 94.8 Å². The Kier molecular flexibility index (Phi) is 9.38. The van der Waals surface area contributed by atoms with Crippen LogP contribution in [0, 0.1) is 0 Å². The molecule has 0 radical (unpaired) electrons. The minimum atomic E-state index is -4.68. The van der Waals surface area contributed by atoms with E-state index in [1.165, 1.54) is 12.1 Å². The van der Waals surface area contributed by atoms with E-state index >= 15 is 0 Å². The third-order valence-corrected chi connectivity index (χ3v) is 11.4. The average Bonchev–Trinajstić information content (AvgIpc) is 3.17. The third kappa shape index (κ3) is 6.59. The van der Waals surface area contributed by atoms with Crippen LogP contribution in [0.4, 0.5) is 0 Å². The maximum absolute atomic E-state index is 13.0. The predicted octanol–water partition coefficient (Wildman–Crippen LogP) is 4.78. The summed E-state index contributed by atoms with van der Waals surface area (Å²) < 4.78 is 67.7. The van der Waals surface area contributed by atoms with Crippen molar-refractivity contribution in [2.75, 3.05) is 0 Å². The van der Waals surface area contributed by atoms with Gasteiger partial charge in [0.2, 0.25) is 0 Å². The molecule has 0 saturated heterocycles. The van der Waals surface area contributed by atoms with Crippen LogP contribution < -0.4 is 21.7 Å². The van der Waals surface area contributed by atoms with Crippen molar-refractivity contribution in [1.82, 2.24) is 19.9 Å². The molecule has 0 unspecified atom stereocenters. The fourth-order valence-corrected chi connectivity index (χ4v) is 8.05. The second kappa shape index (κ2) is 13.9. The number of fused-ring (bicyclic) bond motifs is 8. The van der Waals surface area contributed by atoms with Crippen molar-refractivity contribution < 1.29 is 25.9 Å². The van der Waals surface area contributed by atoms with Gasteiger partial charge in [-0.2, -0.15) is 0 Å². The van der Waals surface area contributed by atoms with Crippen molar-refractivity contribution in [3.05, 3.63) is 150 Å². The molecule has 10 aromatic rings. The van der Waals surface area contributed by atoms with E-state index in [9.17, 15) is 45.1 Å². The number of aromatic amines is 4. The fourth-order valence-electron chi connectivity index (χ4n) is 7.06. The number of benzene rings is 6. The van der Waals surface area contributed by atoms with E-state index in [1.807, 2.05) is 0 Å². The maximum atomic E-state index is 13.0. The maximum Gasteiger partial charge on any atom is 2.00 e. The molecule has 4 N–H and O–H groups in total. The summed E-state index contributed by atoms with van der Waals surface area (Å²) in [5.74, 6) is 0. The molecule has 57 heavy (non-hydrogen) atoms. The molecule has 6 aromatic carbocycles. The molecule has 0 aliphatic rings. The summed E-state index contributed by atoms with van der Waals surface area (Å²) in [6.07, 6.45) is 0. The predicted molar refractivity (Wildman–Crippen MR) is 217 cm³/mol. The van der Waals surface area contributed by atoms with Crippen molar-refractivity contribution >= 4 is 156 Å². The van der Waals surface area contributed by atoms with E-state index in [0.29, 0.717) is 65.7 Å². The molecule has 0 aliphatic heterocycles. The van der Waals surface area contributed by atoms with Crippen LogP contribution >= 0.6 is 0 Å². The van der Waals surface area contributed by atoms with Crippen LogP contribution in [0.5, 0.6) is 0 Å². The van der Waals surface area contributed by atoms with Gasteiger partial charge in [0.15, 0.2) is 21.7 Å². The number of aromatic nitrogens is 4. The second-order valence-electron chi connectivity index (χ2n) is 13.1. The van der Waals surface area contributed by atoms with Crippen LogP contribution in [0.1, 0.15) is 0 Å². The molecule has 0 atom stereocenters.